The largest absolute Gasteiger partial charge is 0.319 e. The van der Waals surface area contributed by atoms with Gasteiger partial charge in [0.15, 0.2) is 0 Å². The van der Waals surface area contributed by atoms with Gasteiger partial charge in [-0.05, 0) is 25.3 Å². The quantitative estimate of drug-likeness (QED) is 0.642. The first-order valence-electron chi connectivity index (χ1n) is 4.19. The fourth-order valence-electron chi connectivity index (χ4n) is 1.34. The van der Waals surface area contributed by atoms with E-state index >= 15 is 0 Å². The van der Waals surface area contributed by atoms with Crippen molar-refractivity contribution in [3.05, 3.63) is 29.8 Å². The van der Waals surface area contributed by atoms with Crippen LogP contribution in [0.3, 0.4) is 0 Å². The Morgan fingerprint density at radius 2 is 1.83 bits per heavy atom. The van der Waals surface area contributed by atoms with Crippen molar-refractivity contribution >= 4 is 12.4 Å². The number of hydrogen-bond donors (Lipinski definition) is 0. The van der Waals surface area contributed by atoms with Gasteiger partial charge < -0.3 is 4.57 Å². The van der Waals surface area contributed by atoms with Crippen molar-refractivity contribution in [3.63, 3.8) is 0 Å². The monoisotopic (exact) mass is 182 g/mol. The van der Waals surface area contributed by atoms with Gasteiger partial charge in [0, 0.05) is 5.30 Å². The Bertz CT molecular complexity index is 311. The zero-order chi connectivity index (χ0) is 9.19. The van der Waals surface area contributed by atoms with Crippen LogP contribution in [0.5, 0.6) is 0 Å². The van der Waals surface area contributed by atoms with Gasteiger partial charge in [-0.3, -0.25) is 0 Å². The lowest BCUT2D eigenvalue weighted by Crippen LogP contribution is -2.08. The lowest BCUT2D eigenvalue weighted by Gasteiger charge is -2.11. The van der Waals surface area contributed by atoms with E-state index in [9.17, 15) is 4.57 Å². The lowest BCUT2D eigenvalue weighted by atomic mass is 10.2. The van der Waals surface area contributed by atoms with E-state index in [4.69, 9.17) is 0 Å². The second-order valence-corrected chi connectivity index (χ2v) is 6.52. The first-order chi connectivity index (χ1) is 5.55. The molecule has 0 aliphatic carbocycles. The summed E-state index contributed by atoms with van der Waals surface area (Å²) in [4.78, 5) is 0. The standard InChI is InChI=1S/C10H15OP/c1-4-9-7-5-6-8-10(9)12(2,3)11/h5-8H,4H2,1-3H3. The van der Waals surface area contributed by atoms with Gasteiger partial charge in [0.2, 0.25) is 0 Å². The Morgan fingerprint density at radius 3 is 2.25 bits per heavy atom. The van der Waals surface area contributed by atoms with Gasteiger partial charge in [-0.25, -0.2) is 0 Å². The Labute approximate surface area is 74.2 Å². The van der Waals surface area contributed by atoms with Crippen LogP contribution in [0, 0.1) is 0 Å². The Kier molecular flexibility index (Phi) is 2.74. The summed E-state index contributed by atoms with van der Waals surface area (Å²) >= 11 is 0. The molecule has 1 rings (SSSR count). The number of hydrogen-bond acceptors (Lipinski definition) is 1. The minimum atomic E-state index is -2.07. The molecule has 0 fully saturated rings. The van der Waals surface area contributed by atoms with E-state index in [0.717, 1.165) is 11.7 Å². The van der Waals surface area contributed by atoms with Crippen LogP contribution >= 0.6 is 7.14 Å². The molecule has 12 heavy (non-hydrogen) atoms. The van der Waals surface area contributed by atoms with E-state index in [-0.39, 0.29) is 0 Å². The zero-order valence-corrected chi connectivity index (χ0v) is 8.77. The summed E-state index contributed by atoms with van der Waals surface area (Å²) < 4.78 is 11.8. The smallest absolute Gasteiger partial charge is 0.110 e. The maximum Gasteiger partial charge on any atom is 0.110 e. The molecule has 0 amide bonds. The third kappa shape index (κ3) is 1.98. The Hall–Kier alpha value is -0.550. The van der Waals surface area contributed by atoms with Gasteiger partial charge in [-0.15, -0.1) is 0 Å². The molecule has 0 bridgehead atoms. The summed E-state index contributed by atoms with van der Waals surface area (Å²) in [7, 11) is -2.07. The third-order valence-corrected chi connectivity index (χ3v) is 3.55. The second-order valence-electron chi connectivity index (χ2n) is 3.33. The molecule has 0 N–H and O–H groups in total. The van der Waals surface area contributed by atoms with E-state index in [0.29, 0.717) is 0 Å². The average molecular weight is 182 g/mol. The van der Waals surface area contributed by atoms with Gasteiger partial charge in [-0.1, -0.05) is 31.2 Å². The maximum absolute atomic E-state index is 11.8. The highest BCUT2D eigenvalue weighted by molar-refractivity contribution is 7.70. The molecular formula is C10H15OP. The summed E-state index contributed by atoms with van der Waals surface area (Å²) in [5.41, 5.74) is 1.21. The van der Waals surface area contributed by atoms with Crippen LogP contribution in [-0.4, -0.2) is 13.3 Å². The second kappa shape index (κ2) is 3.45. The van der Waals surface area contributed by atoms with Crippen molar-refractivity contribution in [2.45, 2.75) is 13.3 Å². The average Bonchev–Trinajstić information content (AvgIpc) is 2.03. The summed E-state index contributed by atoms with van der Waals surface area (Å²) in [6, 6.07) is 7.97. The highest BCUT2D eigenvalue weighted by atomic mass is 31.2. The van der Waals surface area contributed by atoms with Gasteiger partial charge in [-0.2, -0.15) is 0 Å². The molecular weight excluding hydrogens is 167 g/mol. The molecule has 0 unspecified atom stereocenters. The fourth-order valence-corrected chi connectivity index (χ4v) is 2.70. The van der Waals surface area contributed by atoms with Crippen molar-refractivity contribution in [2.24, 2.45) is 0 Å². The molecule has 2 heteroatoms. The van der Waals surface area contributed by atoms with Gasteiger partial charge in [0.05, 0.1) is 0 Å². The van der Waals surface area contributed by atoms with E-state index in [1.165, 1.54) is 5.56 Å². The molecule has 1 aromatic carbocycles. The van der Waals surface area contributed by atoms with E-state index in [1.54, 1.807) is 0 Å². The molecule has 0 radical (unpaired) electrons. The predicted octanol–water partition coefficient (Wildman–Crippen LogP) is 2.50. The van der Waals surface area contributed by atoms with Crippen LogP contribution in [-0.2, 0) is 11.0 Å². The summed E-state index contributed by atoms with van der Waals surface area (Å²) in [6.07, 6.45) is 0.960. The van der Waals surface area contributed by atoms with Crippen molar-refractivity contribution in [3.8, 4) is 0 Å². The summed E-state index contributed by atoms with van der Waals surface area (Å²) in [5, 5.41) is 1.03. The fraction of sp³-hybridized carbons (Fsp3) is 0.400. The highest BCUT2D eigenvalue weighted by Crippen LogP contribution is 2.35. The van der Waals surface area contributed by atoms with Crippen LogP contribution in [0.2, 0.25) is 0 Å². The van der Waals surface area contributed by atoms with Gasteiger partial charge in [0.25, 0.3) is 0 Å². The van der Waals surface area contributed by atoms with Gasteiger partial charge >= 0.3 is 0 Å². The van der Waals surface area contributed by atoms with Gasteiger partial charge in [0.1, 0.15) is 7.14 Å². The van der Waals surface area contributed by atoms with E-state index < -0.39 is 7.14 Å². The Morgan fingerprint density at radius 1 is 1.25 bits per heavy atom. The van der Waals surface area contributed by atoms with Crippen molar-refractivity contribution in [1.82, 2.24) is 0 Å². The molecule has 0 aliphatic rings. The first kappa shape index (κ1) is 9.54. The molecule has 0 saturated heterocycles. The van der Waals surface area contributed by atoms with E-state index in [1.807, 2.05) is 31.5 Å². The SMILES string of the molecule is CCc1ccccc1P(C)(C)=O. The number of benzene rings is 1. The van der Waals surface area contributed by atoms with E-state index in [2.05, 4.69) is 13.0 Å². The highest BCUT2D eigenvalue weighted by Gasteiger charge is 2.13. The van der Waals surface area contributed by atoms with Crippen LogP contribution in [0.15, 0.2) is 24.3 Å². The normalized spacial score (nSPS) is 11.6. The Balaban J connectivity index is 3.23. The third-order valence-electron chi connectivity index (χ3n) is 1.95. The molecule has 0 heterocycles. The van der Waals surface area contributed by atoms with Crippen LogP contribution in [0.25, 0.3) is 0 Å². The molecule has 1 nitrogen and oxygen atoms in total. The molecule has 0 atom stereocenters. The van der Waals surface area contributed by atoms with Crippen LogP contribution in [0.4, 0.5) is 0 Å². The minimum absolute atomic E-state index is 0.960. The first-order valence-corrected chi connectivity index (χ1v) is 6.79. The number of rotatable bonds is 2. The minimum Gasteiger partial charge on any atom is -0.319 e. The molecule has 66 valence electrons. The zero-order valence-electron chi connectivity index (χ0n) is 7.87. The maximum atomic E-state index is 11.8. The lowest BCUT2D eigenvalue weighted by molar-refractivity contribution is 0.588. The number of aryl methyl sites for hydroxylation is 1. The summed E-state index contributed by atoms with van der Waals surface area (Å²) in [6.45, 7) is 5.73. The predicted molar refractivity (Wildman–Crippen MR) is 54.9 cm³/mol. The van der Waals surface area contributed by atoms with Crippen molar-refractivity contribution in [2.75, 3.05) is 13.3 Å². The summed E-state index contributed by atoms with van der Waals surface area (Å²) in [5.74, 6) is 0. The molecule has 0 saturated carbocycles. The topological polar surface area (TPSA) is 17.1 Å². The molecule has 0 aliphatic heterocycles. The molecule has 1 aromatic rings. The molecule has 0 spiro atoms. The van der Waals surface area contributed by atoms with Crippen LogP contribution < -0.4 is 5.30 Å². The molecule has 0 aromatic heterocycles. The van der Waals surface area contributed by atoms with Crippen molar-refractivity contribution in [1.29, 1.82) is 0 Å². The van der Waals surface area contributed by atoms with Crippen LogP contribution in [0.1, 0.15) is 12.5 Å². The van der Waals surface area contributed by atoms with Crippen molar-refractivity contribution < 1.29 is 4.57 Å².